The van der Waals surface area contributed by atoms with Gasteiger partial charge in [0.25, 0.3) is 0 Å². The van der Waals surface area contributed by atoms with Crippen molar-refractivity contribution >= 4 is 17.6 Å². The fourth-order valence-electron chi connectivity index (χ4n) is 2.01. The molecule has 0 amide bonds. The van der Waals surface area contributed by atoms with Gasteiger partial charge >= 0.3 is 5.97 Å². The molecule has 1 unspecified atom stereocenters. The molecule has 0 aliphatic rings. The lowest BCUT2D eigenvalue weighted by Gasteiger charge is -2.12. The van der Waals surface area contributed by atoms with Crippen molar-refractivity contribution < 1.29 is 14.4 Å². The Kier molecular flexibility index (Phi) is 5.33. The molecule has 0 bridgehead atoms. The number of rotatable bonds is 5. The summed E-state index contributed by atoms with van der Waals surface area (Å²) < 4.78 is 4.62. The van der Waals surface area contributed by atoms with Gasteiger partial charge in [-0.15, -0.1) is 0 Å². The molecule has 0 aliphatic carbocycles. The van der Waals surface area contributed by atoms with Crippen LogP contribution in [0.3, 0.4) is 0 Å². The summed E-state index contributed by atoms with van der Waals surface area (Å²) >= 11 is 5.87. The Morgan fingerprint density at radius 2 is 1.62 bits per heavy atom. The van der Waals surface area contributed by atoms with Crippen molar-refractivity contribution in [2.24, 2.45) is 5.90 Å². The maximum Gasteiger partial charge on any atom is 0.337 e. The number of carbonyl (C=O) groups excluding carboxylic acids is 1. The van der Waals surface area contributed by atoms with Crippen LogP contribution in [0.5, 0.6) is 0 Å². The van der Waals surface area contributed by atoms with E-state index >= 15 is 0 Å². The lowest BCUT2D eigenvalue weighted by atomic mass is 10.0. The number of carbonyl (C=O) groups is 1. The number of ether oxygens (including phenoxy) is 1. The second-order valence-electron chi connectivity index (χ2n) is 4.56. The van der Waals surface area contributed by atoms with Crippen LogP contribution in [0.15, 0.2) is 48.5 Å². The lowest BCUT2D eigenvalue weighted by Crippen LogP contribution is -2.30. The van der Waals surface area contributed by atoms with Crippen LogP contribution in [-0.2, 0) is 20.8 Å². The van der Waals surface area contributed by atoms with Crippen molar-refractivity contribution in [2.45, 2.75) is 12.5 Å². The summed E-state index contributed by atoms with van der Waals surface area (Å²) in [6.07, 6.45) is -0.430. The van der Waals surface area contributed by atoms with Gasteiger partial charge in [0.2, 0.25) is 0 Å². The van der Waals surface area contributed by atoms with E-state index in [4.69, 9.17) is 17.5 Å². The Morgan fingerprint density at radius 3 is 2.10 bits per heavy atom. The number of hydrogen-bond acceptors (Lipinski definition) is 4. The summed E-state index contributed by atoms with van der Waals surface area (Å²) in [7, 11) is 1.30. The number of halogens is 1. The molecule has 5 heteroatoms. The average molecular weight is 306 g/mol. The largest absolute Gasteiger partial charge is 0.467 e. The molecule has 2 aromatic rings. The van der Waals surface area contributed by atoms with Gasteiger partial charge in [0.05, 0.1) is 7.11 Å². The normalized spacial score (nSPS) is 12.0. The molecule has 2 rings (SSSR count). The van der Waals surface area contributed by atoms with Crippen molar-refractivity contribution in [2.75, 3.05) is 7.11 Å². The Morgan fingerprint density at radius 1 is 1.10 bits per heavy atom. The van der Waals surface area contributed by atoms with E-state index in [1.54, 1.807) is 0 Å². The zero-order chi connectivity index (χ0) is 15.2. The summed E-state index contributed by atoms with van der Waals surface area (Å²) in [4.78, 5) is 16.1. The van der Waals surface area contributed by atoms with Crippen LogP contribution in [0.1, 0.15) is 5.56 Å². The Labute approximate surface area is 128 Å². The smallest absolute Gasteiger partial charge is 0.337 e. The van der Waals surface area contributed by atoms with Gasteiger partial charge < -0.3 is 4.74 Å². The first-order chi connectivity index (χ1) is 10.1. The van der Waals surface area contributed by atoms with Gasteiger partial charge in [-0.2, -0.15) is 0 Å². The predicted octanol–water partition coefficient (Wildman–Crippen LogP) is 2.98. The SMILES string of the molecule is COC(=O)C(Cc1ccc(-c2ccc(Cl)cc2)cc1)ON. The first-order valence-corrected chi connectivity index (χ1v) is 6.80. The van der Waals surface area contributed by atoms with Crippen LogP contribution in [-0.4, -0.2) is 19.2 Å². The maximum absolute atomic E-state index is 11.4. The first kappa shape index (κ1) is 15.5. The van der Waals surface area contributed by atoms with E-state index in [9.17, 15) is 4.79 Å². The summed E-state index contributed by atoms with van der Waals surface area (Å²) in [6.45, 7) is 0. The fraction of sp³-hybridized carbons (Fsp3) is 0.188. The second-order valence-corrected chi connectivity index (χ2v) is 4.99. The summed E-state index contributed by atoms with van der Waals surface area (Å²) in [5.41, 5.74) is 3.08. The van der Waals surface area contributed by atoms with Crippen LogP contribution in [0.2, 0.25) is 5.02 Å². The van der Waals surface area contributed by atoms with Crippen molar-refractivity contribution in [1.82, 2.24) is 0 Å². The molecule has 0 aliphatic heterocycles. The van der Waals surface area contributed by atoms with Crippen LogP contribution >= 0.6 is 11.6 Å². The van der Waals surface area contributed by atoms with Gasteiger partial charge in [0.15, 0.2) is 6.10 Å². The van der Waals surface area contributed by atoms with Crippen LogP contribution in [0, 0.1) is 0 Å². The molecule has 2 aromatic carbocycles. The minimum Gasteiger partial charge on any atom is -0.467 e. The van der Waals surface area contributed by atoms with Crippen molar-refractivity contribution in [1.29, 1.82) is 0 Å². The number of nitrogens with two attached hydrogens (primary N) is 1. The zero-order valence-electron chi connectivity index (χ0n) is 11.6. The summed E-state index contributed by atoms with van der Waals surface area (Å²) in [5, 5.41) is 0.705. The Hall–Kier alpha value is -1.88. The topological polar surface area (TPSA) is 61.5 Å². The van der Waals surface area contributed by atoms with E-state index in [2.05, 4.69) is 9.57 Å². The van der Waals surface area contributed by atoms with E-state index < -0.39 is 12.1 Å². The number of esters is 1. The zero-order valence-corrected chi connectivity index (χ0v) is 12.3. The molecule has 4 nitrogen and oxygen atoms in total. The van der Waals surface area contributed by atoms with Crippen LogP contribution in [0.25, 0.3) is 11.1 Å². The van der Waals surface area contributed by atoms with E-state index in [1.807, 2.05) is 48.5 Å². The molecule has 0 spiro atoms. The number of hydrogen-bond donors (Lipinski definition) is 1. The highest BCUT2D eigenvalue weighted by molar-refractivity contribution is 6.30. The minimum atomic E-state index is -0.795. The third-order valence-electron chi connectivity index (χ3n) is 3.18. The van der Waals surface area contributed by atoms with Gasteiger partial charge in [-0.3, -0.25) is 4.84 Å². The molecule has 0 saturated heterocycles. The molecule has 0 heterocycles. The highest BCUT2D eigenvalue weighted by Gasteiger charge is 2.19. The van der Waals surface area contributed by atoms with Crippen molar-refractivity contribution in [3.63, 3.8) is 0 Å². The van der Waals surface area contributed by atoms with E-state index in [1.165, 1.54) is 7.11 Å². The predicted molar refractivity (Wildman–Crippen MR) is 81.7 cm³/mol. The third-order valence-corrected chi connectivity index (χ3v) is 3.43. The van der Waals surface area contributed by atoms with E-state index in [0.29, 0.717) is 11.4 Å². The molecule has 0 radical (unpaired) electrons. The quantitative estimate of drug-likeness (QED) is 0.681. The summed E-state index contributed by atoms with van der Waals surface area (Å²) in [6, 6.07) is 15.4. The monoisotopic (exact) mass is 305 g/mol. The molecule has 0 fully saturated rings. The van der Waals surface area contributed by atoms with Gasteiger partial charge in [-0.25, -0.2) is 10.7 Å². The molecule has 0 aromatic heterocycles. The maximum atomic E-state index is 11.4. The van der Waals surface area contributed by atoms with Crippen molar-refractivity contribution in [3.05, 3.63) is 59.1 Å². The minimum absolute atomic E-state index is 0.365. The van der Waals surface area contributed by atoms with Gasteiger partial charge in [0.1, 0.15) is 0 Å². The Balaban J connectivity index is 2.11. The van der Waals surface area contributed by atoms with Crippen LogP contribution < -0.4 is 5.90 Å². The number of methoxy groups -OCH3 is 1. The average Bonchev–Trinajstić information content (AvgIpc) is 2.53. The fourth-order valence-corrected chi connectivity index (χ4v) is 2.13. The molecular formula is C16H16ClNO3. The molecular weight excluding hydrogens is 290 g/mol. The van der Waals surface area contributed by atoms with E-state index in [0.717, 1.165) is 16.7 Å². The Bertz CT molecular complexity index is 596. The first-order valence-electron chi connectivity index (χ1n) is 6.42. The molecule has 0 saturated carbocycles. The highest BCUT2D eigenvalue weighted by atomic mass is 35.5. The second kappa shape index (κ2) is 7.22. The van der Waals surface area contributed by atoms with Gasteiger partial charge in [-0.1, -0.05) is 48.0 Å². The molecule has 1 atom stereocenters. The summed E-state index contributed by atoms with van der Waals surface area (Å²) in [5.74, 6) is 4.63. The standard InChI is InChI=1S/C16H16ClNO3/c1-20-16(19)15(21-18)10-11-2-4-12(5-3-11)13-6-8-14(17)9-7-13/h2-9,15H,10,18H2,1H3. The lowest BCUT2D eigenvalue weighted by molar-refractivity contribution is -0.154. The van der Waals surface area contributed by atoms with Gasteiger partial charge in [-0.05, 0) is 28.8 Å². The van der Waals surface area contributed by atoms with Gasteiger partial charge in [0, 0.05) is 11.4 Å². The third kappa shape index (κ3) is 4.04. The van der Waals surface area contributed by atoms with Crippen LogP contribution in [0.4, 0.5) is 0 Å². The highest BCUT2D eigenvalue weighted by Crippen LogP contribution is 2.22. The molecule has 110 valence electrons. The van der Waals surface area contributed by atoms with Crippen molar-refractivity contribution in [3.8, 4) is 11.1 Å². The molecule has 2 N–H and O–H groups in total. The van der Waals surface area contributed by atoms with E-state index in [-0.39, 0.29) is 0 Å². The molecule has 21 heavy (non-hydrogen) atoms. The number of benzene rings is 2.